The van der Waals surface area contributed by atoms with E-state index in [2.05, 4.69) is 4.98 Å². The van der Waals surface area contributed by atoms with Crippen molar-refractivity contribution in [2.75, 3.05) is 5.01 Å². The zero-order valence-electron chi connectivity index (χ0n) is 9.75. The van der Waals surface area contributed by atoms with Crippen molar-refractivity contribution in [2.24, 2.45) is 0 Å². The van der Waals surface area contributed by atoms with Crippen LogP contribution in [0, 0.1) is 11.6 Å². The molecule has 0 unspecified atom stereocenters. The van der Waals surface area contributed by atoms with Crippen molar-refractivity contribution >= 4 is 11.5 Å². The number of benzene rings is 1. The van der Waals surface area contributed by atoms with Gasteiger partial charge < -0.3 is 0 Å². The van der Waals surface area contributed by atoms with Crippen molar-refractivity contribution < 1.29 is 13.6 Å². The Hall–Kier alpha value is -2.50. The highest BCUT2D eigenvalue weighted by atomic mass is 19.1. The van der Waals surface area contributed by atoms with Crippen molar-refractivity contribution in [1.82, 2.24) is 9.66 Å². The number of amides is 1. The third-order valence-corrected chi connectivity index (χ3v) is 2.85. The van der Waals surface area contributed by atoms with E-state index in [-0.39, 0.29) is 12.3 Å². The van der Waals surface area contributed by atoms with Crippen LogP contribution in [0.1, 0.15) is 12.0 Å². The van der Waals surface area contributed by atoms with Crippen LogP contribution in [-0.2, 0) is 4.79 Å². The Balaban J connectivity index is 1.98. The summed E-state index contributed by atoms with van der Waals surface area (Å²) in [7, 11) is 0. The lowest BCUT2D eigenvalue weighted by Gasteiger charge is -2.12. The first-order valence-electron chi connectivity index (χ1n) is 5.61. The minimum absolute atomic E-state index is 0.0983. The monoisotopic (exact) mass is 261 g/mol. The van der Waals surface area contributed by atoms with Crippen molar-refractivity contribution in [2.45, 2.75) is 6.42 Å². The minimum atomic E-state index is -0.663. The highest BCUT2D eigenvalue weighted by molar-refractivity contribution is 6.02. The number of aromatic nitrogens is 2. The van der Waals surface area contributed by atoms with E-state index in [1.165, 1.54) is 28.1 Å². The summed E-state index contributed by atoms with van der Waals surface area (Å²) in [4.78, 5) is 15.7. The van der Waals surface area contributed by atoms with E-state index >= 15 is 0 Å². The predicted octanol–water partition coefficient (Wildman–Crippen LogP) is 2.07. The molecular weight excluding hydrogens is 252 g/mol. The van der Waals surface area contributed by atoms with Crippen molar-refractivity contribution in [3.8, 4) is 0 Å². The second kappa shape index (κ2) is 4.31. The van der Waals surface area contributed by atoms with E-state index in [0.29, 0.717) is 11.1 Å². The van der Waals surface area contributed by atoms with Crippen LogP contribution in [0.4, 0.5) is 8.78 Å². The van der Waals surface area contributed by atoms with Crippen LogP contribution in [0.2, 0.25) is 0 Å². The first-order chi connectivity index (χ1) is 9.13. The maximum atomic E-state index is 13.2. The molecule has 0 radical (unpaired) electrons. The summed E-state index contributed by atoms with van der Waals surface area (Å²) in [5.74, 6) is -1.51. The van der Waals surface area contributed by atoms with Crippen LogP contribution in [0.5, 0.6) is 0 Å². The molecule has 0 N–H and O–H groups in total. The topological polar surface area (TPSA) is 38.1 Å². The molecule has 1 aliphatic heterocycles. The predicted molar refractivity (Wildman–Crippen MR) is 64.4 cm³/mol. The molecule has 1 aromatic heterocycles. The standard InChI is InChI=1S/C13H9F2N3O/c14-11-3-9(4-12(15)6-11)10-5-13(19)18(7-10)17-2-1-16-8-17/h1-4,6-8H,5H2. The molecule has 3 rings (SSSR count). The van der Waals surface area contributed by atoms with Crippen molar-refractivity contribution in [3.63, 3.8) is 0 Å². The molecule has 1 aromatic carbocycles. The molecule has 4 nitrogen and oxygen atoms in total. The molecule has 6 heteroatoms. The Morgan fingerprint density at radius 2 is 1.89 bits per heavy atom. The molecule has 0 fully saturated rings. The first-order valence-corrected chi connectivity index (χ1v) is 5.61. The molecule has 0 saturated heterocycles. The lowest BCUT2D eigenvalue weighted by atomic mass is 10.1. The van der Waals surface area contributed by atoms with Crippen LogP contribution in [-0.4, -0.2) is 15.6 Å². The average molecular weight is 261 g/mol. The molecule has 2 heterocycles. The molecule has 19 heavy (non-hydrogen) atoms. The van der Waals surface area contributed by atoms with E-state index in [9.17, 15) is 13.6 Å². The molecule has 0 spiro atoms. The lowest BCUT2D eigenvalue weighted by Crippen LogP contribution is -2.30. The molecule has 96 valence electrons. The molecule has 0 aliphatic carbocycles. The highest BCUT2D eigenvalue weighted by Gasteiger charge is 2.24. The van der Waals surface area contributed by atoms with Gasteiger partial charge in [-0.05, 0) is 23.3 Å². The molecular formula is C13H9F2N3O. The molecule has 0 atom stereocenters. The quantitative estimate of drug-likeness (QED) is 0.830. The first kappa shape index (κ1) is 11.6. The second-order valence-corrected chi connectivity index (χ2v) is 4.17. The number of rotatable bonds is 2. The summed E-state index contributed by atoms with van der Waals surface area (Å²) >= 11 is 0. The fraction of sp³-hybridized carbons (Fsp3) is 0.0769. The van der Waals surface area contributed by atoms with E-state index in [4.69, 9.17) is 0 Å². The number of halogens is 2. The Labute approximate surface area is 107 Å². The molecule has 2 aromatic rings. The van der Waals surface area contributed by atoms with Gasteiger partial charge in [-0.15, -0.1) is 0 Å². The average Bonchev–Trinajstić information content (AvgIpc) is 2.96. The molecule has 0 saturated carbocycles. The summed E-state index contributed by atoms with van der Waals surface area (Å²) < 4.78 is 27.8. The summed E-state index contributed by atoms with van der Waals surface area (Å²) in [6, 6.07) is 3.22. The number of imidazole rings is 1. The largest absolute Gasteiger partial charge is 0.272 e. The third-order valence-electron chi connectivity index (χ3n) is 2.85. The van der Waals surface area contributed by atoms with Gasteiger partial charge in [0.05, 0.1) is 6.42 Å². The fourth-order valence-corrected chi connectivity index (χ4v) is 2.00. The lowest BCUT2D eigenvalue weighted by molar-refractivity contribution is -0.117. The Kier molecular flexibility index (Phi) is 2.63. The number of nitrogens with zero attached hydrogens (tertiary/aromatic N) is 3. The van der Waals surface area contributed by atoms with Crippen LogP contribution < -0.4 is 5.01 Å². The highest BCUT2D eigenvalue weighted by Crippen LogP contribution is 2.26. The Bertz CT molecular complexity index is 644. The van der Waals surface area contributed by atoms with Gasteiger partial charge >= 0.3 is 0 Å². The van der Waals surface area contributed by atoms with Crippen molar-refractivity contribution in [3.05, 3.63) is 60.3 Å². The van der Waals surface area contributed by atoms with Crippen LogP contribution in [0.15, 0.2) is 43.1 Å². The van der Waals surface area contributed by atoms with E-state index in [1.54, 1.807) is 18.6 Å². The van der Waals surface area contributed by atoms with E-state index < -0.39 is 11.6 Å². The van der Waals surface area contributed by atoms with E-state index in [0.717, 1.165) is 6.07 Å². The van der Waals surface area contributed by atoms with Crippen LogP contribution in [0.3, 0.4) is 0 Å². The second-order valence-electron chi connectivity index (χ2n) is 4.17. The Morgan fingerprint density at radius 3 is 2.53 bits per heavy atom. The van der Waals surface area contributed by atoms with Gasteiger partial charge in [0.2, 0.25) is 5.91 Å². The zero-order valence-corrected chi connectivity index (χ0v) is 9.75. The summed E-state index contributed by atoms with van der Waals surface area (Å²) in [5.41, 5.74) is 0.936. The number of hydrogen-bond acceptors (Lipinski definition) is 2. The zero-order chi connectivity index (χ0) is 13.4. The van der Waals surface area contributed by atoms with Gasteiger partial charge in [0.1, 0.15) is 18.0 Å². The van der Waals surface area contributed by atoms with Gasteiger partial charge in [0.15, 0.2) is 0 Å². The van der Waals surface area contributed by atoms with E-state index in [1.807, 2.05) is 0 Å². The maximum absolute atomic E-state index is 13.2. The van der Waals surface area contributed by atoms with Gasteiger partial charge in [0.25, 0.3) is 0 Å². The molecule has 1 amide bonds. The summed E-state index contributed by atoms with van der Waals surface area (Å²) in [6.07, 6.45) is 6.28. The Morgan fingerprint density at radius 1 is 1.16 bits per heavy atom. The SMILES string of the molecule is O=C1CC(c2cc(F)cc(F)c2)=CN1n1ccnc1. The fourth-order valence-electron chi connectivity index (χ4n) is 2.00. The smallest absolute Gasteiger partial charge is 0.250 e. The van der Waals surface area contributed by atoms with Gasteiger partial charge in [-0.1, -0.05) is 0 Å². The van der Waals surface area contributed by atoms with Crippen LogP contribution in [0.25, 0.3) is 5.57 Å². The van der Waals surface area contributed by atoms with Crippen molar-refractivity contribution in [1.29, 1.82) is 0 Å². The number of carbonyl (C=O) groups excluding carboxylic acids is 1. The minimum Gasteiger partial charge on any atom is -0.272 e. The summed E-state index contributed by atoms with van der Waals surface area (Å²) in [6.45, 7) is 0. The third kappa shape index (κ3) is 2.12. The number of carbonyl (C=O) groups is 1. The van der Waals surface area contributed by atoms with Gasteiger partial charge in [-0.2, -0.15) is 0 Å². The summed E-state index contributed by atoms with van der Waals surface area (Å²) in [5, 5.41) is 1.35. The van der Waals surface area contributed by atoms with Crippen LogP contribution >= 0.6 is 0 Å². The molecule has 0 bridgehead atoms. The van der Waals surface area contributed by atoms with Gasteiger partial charge in [0, 0.05) is 24.7 Å². The molecule has 1 aliphatic rings. The maximum Gasteiger partial charge on any atom is 0.250 e. The normalized spacial score (nSPS) is 14.9. The number of hydrogen-bond donors (Lipinski definition) is 0. The van der Waals surface area contributed by atoms with Gasteiger partial charge in [-0.25, -0.2) is 23.4 Å². The van der Waals surface area contributed by atoms with Gasteiger partial charge in [-0.3, -0.25) is 4.79 Å².